The Labute approximate surface area is 172 Å². The third-order valence-electron chi connectivity index (χ3n) is 4.31. The molecule has 2 aromatic rings. The second-order valence-corrected chi connectivity index (χ2v) is 7.47. The summed E-state index contributed by atoms with van der Waals surface area (Å²) in [6, 6.07) is 10.7. The monoisotopic (exact) mass is 418 g/mol. The van der Waals surface area contributed by atoms with Gasteiger partial charge in [-0.3, -0.25) is 19.3 Å². The van der Waals surface area contributed by atoms with Gasteiger partial charge in [-0.2, -0.15) is 0 Å². The van der Waals surface area contributed by atoms with Gasteiger partial charge in [0, 0.05) is 29.8 Å². The Morgan fingerprint density at radius 1 is 1.14 bits per heavy atom. The summed E-state index contributed by atoms with van der Waals surface area (Å²) < 4.78 is 5.75. The molecule has 0 bridgehead atoms. The van der Waals surface area contributed by atoms with Crippen LogP contribution in [0.5, 0.6) is 0 Å². The number of furan rings is 1. The average molecular weight is 419 g/mol. The molecule has 8 heteroatoms. The van der Waals surface area contributed by atoms with Crippen LogP contribution in [0.3, 0.4) is 0 Å². The van der Waals surface area contributed by atoms with Gasteiger partial charge >= 0.3 is 0 Å². The molecule has 1 saturated heterocycles. The van der Waals surface area contributed by atoms with E-state index in [0.717, 1.165) is 22.2 Å². The molecule has 0 unspecified atom stereocenters. The maximum absolute atomic E-state index is 12.6. The predicted molar refractivity (Wildman–Crippen MR) is 110 cm³/mol. The van der Waals surface area contributed by atoms with Gasteiger partial charge in [0.1, 0.15) is 18.1 Å². The molecular formula is C20H19ClN2O4S. The molecule has 28 heavy (non-hydrogen) atoms. The van der Waals surface area contributed by atoms with E-state index in [1.165, 1.54) is 6.08 Å². The summed E-state index contributed by atoms with van der Waals surface area (Å²) >= 11 is 6.69. The minimum Gasteiger partial charge on any atom is -0.457 e. The zero-order chi connectivity index (χ0) is 20.3. The highest BCUT2D eigenvalue weighted by molar-refractivity contribution is 8.18. The fourth-order valence-electron chi connectivity index (χ4n) is 2.78. The highest BCUT2D eigenvalue weighted by atomic mass is 35.5. The van der Waals surface area contributed by atoms with E-state index < -0.39 is 11.1 Å². The Bertz CT molecular complexity index is 932. The molecule has 0 atom stereocenters. The Kier molecular flexibility index (Phi) is 6.26. The smallest absolute Gasteiger partial charge is 0.294 e. The summed E-state index contributed by atoms with van der Waals surface area (Å²) in [6.07, 6.45) is 1.52. The van der Waals surface area contributed by atoms with Crippen molar-refractivity contribution in [3.63, 3.8) is 0 Å². The third-order valence-corrected chi connectivity index (χ3v) is 5.47. The lowest BCUT2D eigenvalue weighted by Crippen LogP contribution is -2.41. The SMILES string of the molecule is CCN(CC)C(=O)CN1C(=O)S/C(=C\c2ccc(-c3ccc(Cl)cc3)o2)C1=O. The fraction of sp³-hybridized carbons (Fsp3) is 0.250. The lowest BCUT2D eigenvalue weighted by atomic mass is 10.2. The van der Waals surface area contributed by atoms with Crippen LogP contribution < -0.4 is 0 Å². The number of carbonyl (C=O) groups is 3. The van der Waals surface area contributed by atoms with Gasteiger partial charge < -0.3 is 9.32 Å². The summed E-state index contributed by atoms with van der Waals surface area (Å²) in [5, 5.41) is 0.171. The summed E-state index contributed by atoms with van der Waals surface area (Å²) in [7, 11) is 0. The van der Waals surface area contributed by atoms with E-state index in [1.807, 2.05) is 26.0 Å². The van der Waals surface area contributed by atoms with Crippen molar-refractivity contribution >= 4 is 46.5 Å². The van der Waals surface area contributed by atoms with Gasteiger partial charge in [0.25, 0.3) is 11.1 Å². The Morgan fingerprint density at radius 3 is 2.46 bits per heavy atom. The van der Waals surface area contributed by atoms with Crippen LogP contribution in [0.4, 0.5) is 4.79 Å². The quantitative estimate of drug-likeness (QED) is 0.645. The molecule has 1 fully saturated rings. The first-order chi connectivity index (χ1) is 13.4. The summed E-state index contributed by atoms with van der Waals surface area (Å²) in [5.41, 5.74) is 0.849. The number of carbonyl (C=O) groups excluding carboxylic acids is 3. The van der Waals surface area contributed by atoms with Crippen molar-refractivity contribution in [1.82, 2.24) is 9.80 Å². The molecular weight excluding hydrogens is 400 g/mol. The number of amides is 3. The molecule has 1 aliphatic rings. The summed E-state index contributed by atoms with van der Waals surface area (Å²) in [4.78, 5) is 39.8. The highest BCUT2D eigenvalue weighted by Gasteiger charge is 2.37. The Balaban J connectivity index is 1.75. The van der Waals surface area contributed by atoms with E-state index in [2.05, 4.69) is 0 Å². The maximum atomic E-state index is 12.6. The van der Waals surface area contributed by atoms with Gasteiger partial charge in [0.2, 0.25) is 5.91 Å². The molecule has 2 heterocycles. The van der Waals surface area contributed by atoms with Gasteiger partial charge in [-0.25, -0.2) is 0 Å². The minimum atomic E-state index is -0.486. The molecule has 1 aromatic carbocycles. The van der Waals surface area contributed by atoms with E-state index in [-0.39, 0.29) is 17.4 Å². The number of likely N-dealkylation sites (N-methyl/N-ethyl adjacent to an activating group) is 1. The van der Waals surface area contributed by atoms with Gasteiger partial charge in [0.05, 0.1) is 4.91 Å². The first-order valence-corrected chi connectivity index (χ1v) is 10.0. The van der Waals surface area contributed by atoms with Crippen LogP contribution in [-0.2, 0) is 9.59 Å². The number of halogens is 1. The average Bonchev–Trinajstić information content (AvgIpc) is 3.24. The van der Waals surface area contributed by atoms with Crippen molar-refractivity contribution in [2.24, 2.45) is 0 Å². The van der Waals surface area contributed by atoms with E-state index >= 15 is 0 Å². The summed E-state index contributed by atoms with van der Waals surface area (Å²) in [5.74, 6) is 0.334. The maximum Gasteiger partial charge on any atom is 0.294 e. The van der Waals surface area contributed by atoms with Gasteiger partial charge in [0.15, 0.2) is 0 Å². The van der Waals surface area contributed by atoms with Crippen molar-refractivity contribution in [1.29, 1.82) is 0 Å². The molecule has 1 aromatic heterocycles. The first kappa shape index (κ1) is 20.2. The second-order valence-electron chi connectivity index (χ2n) is 6.04. The molecule has 1 aliphatic heterocycles. The van der Waals surface area contributed by atoms with Crippen molar-refractivity contribution in [2.75, 3.05) is 19.6 Å². The van der Waals surface area contributed by atoms with Crippen LogP contribution in [0.2, 0.25) is 5.02 Å². The second kappa shape index (κ2) is 8.67. The molecule has 3 amide bonds. The molecule has 0 saturated carbocycles. The molecule has 6 nitrogen and oxygen atoms in total. The van der Waals surface area contributed by atoms with Crippen molar-refractivity contribution in [3.8, 4) is 11.3 Å². The normalized spacial score (nSPS) is 15.5. The minimum absolute atomic E-state index is 0.231. The van der Waals surface area contributed by atoms with Crippen molar-refractivity contribution in [2.45, 2.75) is 13.8 Å². The van der Waals surface area contributed by atoms with E-state index in [4.69, 9.17) is 16.0 Å². The largest absolute Gasteiger partial charge is 0.457 e. The number of nitrogens with zero attached hydrogens (tertiary/aromatic N) is 2. The van der Waals surface area contributed by atoms with Crippen LogP contribution in [0.15, 0.2) is 45.7 Å². The van der Waals surface area contributed by atoms with Crippen molar-refractivity contribution in [3.05, 3.63) is 52.1 Å². The number of thioether (sulfide) groups is 1. The molecule has 0 aliphatic carbocycles. The fourth-order valence-corrected chi connectivity index (χ4v) is 3.72. The zero-order valence-electron chi connectivity index (χ0n) is 15.5. The summed E-state index contributed by atoms with van der Waals surface area (Å²) in [6.45, 7) is 4.51. The molecule has 146 valence electrons. The Morgan fingerprint density at radius 2 is 1.82 bits per heavy atom. The topological polar surface area (TPSA) is 70.8 Å². The predicted octanol–water partition coefficient (Wildman–Crippen LogP) is 4.50. The van der Waals surface area contributed by atoms with Crippen molar-refractivity contribution < 1.29 is 18.8 Å². The standard InChI is InChI=1S/C20H19ClN2O4S/c1-3-22(4-2)18(24)12-23-19(25)17(28-20(23)26)11-15-9-10-16(27-15)13-5-7-14(21)8-6-13/h5-11H,3-4,12H2,1-2H3/b17-11-. The number of hydrogen-bond donors (Lipinski definition) is 0. The lowest BCUT2D eigenvalue weighted by Gasteiger charge is -2.21. The van der Waals surface area contributed by atoms with Crippen LogP contribution in [0, 0.1) is 0 Å². The van der Waals surface area contributed by atoms with Crippen LogP contribution >= 0.6 is 23.4 Å². The van der Waals surface area contributed by atoms with E-state index in [0.29, 0.717) is 29.6 Å². The van der Waals surface area contributed by atoms with Crippen LogP contribution in [0.25, 0.3) is 17.4 Å². The van der Waals surface area contributed by atoms with Crippen LogP contribution in [-0.4, -0.2) is 46.5 Å². The first-order valence-electron chi connectivity index (χ1n) is 8.81. The molecule has 0 radical (unpaired) electrons. The number of benzene rings is 1. The van der Waals surface area contributed by atoms with E-state index in [1.54, 1.807) is 29.2 Å². The van der Waals surface area contributed by atoms with E-state index in [9.17, 15) is 14.4 Å². The third kappa shape index (κ3) is 4.31. The molecule has 3 rings (SSSR count). The van der Waals surface area contributed by atoms with Gasteiger partial charge in [-0.05, 0) is 62.0 Å². The molecule has 0 N–H and O–H groups in total. The lowest BCUT2D eigenvalue weighted by molar-refractivity contribution is -0.135. The van der Waals surface area contributed by atoms with Gasteiger partial charge in [-0.15, -0.1) is 0 Å². The van der Waals surface area contributed by atoms with Gasteiger partial charge in [-0.1, -0.05) is 11.6 Å². The number of hydrogen-bond acceptors (Lipinski definition) is 5. The number of rotatable bonds is 6. The van der Waals surface area contributed by atoms with Crippen LogP contribution in [0.1, 0.15) is 19.6 Å². The Hall–Kier alpha value is -2.51. The zero-order valence-corrected chi connectivity index (χ0v) is 17.0. The molecule has 0 spiro atoms. The highest BCUT2D eigenvalue weighted by Crippen LogP contribution is 2.33. The number of imide groups is 1.